The number of aromatic amines is 1. The Balaban J connectivity index is 2.28. The number of nitrogens with zero attached hydrogens (tertiary/aromatic N) is 3. The predicted octanol–water partition coefficient (Wildman–Crippen LogP) is 0.807. The monoisotopic (exact) mass is 288 g/mol. The average molecular weight is 288 g/mol. The number of H-pyrrole nitrogens is 1. The molecule has 0 unspecified atom stereocenters. The predicted molar refractivity (Wildman–Crippen MR) is 73.8 cm³/mol. The largest absolute Gasteiger partial charge is 0.502 e. The summed E-state index contributed by atoms with van der Waals surface area (Å²) >= 11 is 0. The fraction of sp³-hybridized carbons (Fsp3) is 0.154. The van der Waals surface area contributed by atoms with Gasteiger partial charge in [0.15, 0.2) is 17.1 Å². The molecular weight excluding hydrogens is 276 g/mol. The van der Waals surface area contributed by atoms with Gasteiger partial charge < -0.3 is 14.6 Å². The maximum atomic E-state index is 11.6. The molecule has 0 aliphatic rings. The van der Waals surface area contributed by atoms with E-state index in [9.17, 15) is 9.90 Å². The van der Waals surface area contributed by atoms with E-state index in [0.717, 1.165) is 4.52 Å². The van der Waals surface area contributed by atoms with Crippen LogP contribution in [0.2, 0.25) is 0 Å². The van der Waals surface area contributed by atoms with E-state index in [1.54, 1.807) is 12.1 Å². The molecule has 21 heavy (non-hydrogen) atoms. The first-order chi connectivity index (χ1) is 10.2. The molecule has 0 radical (unpaired) electrons. The van der Waals surface area contributed by atoms with Gasteiger partial charge in [-0.2, -0.15) is 9.61 Å². The second-order valence-corrected chi connectivity index (χ2v) is 4.23. The Morgan fingerprint density at radius 1 is 1.24 bits per heavy atom. The van der Waals surface area contributed by atoms with Crippen LogP contribution in [0.5, 0.6) is 17.2 Å². The van der Waals surface area contributed by atoms with Crippen LogP contribution in [-0.4, -0.2) is 38.9 Å². The molecule has 2 N–H and O–H groups in total. The number of rotatable bonds is 3. The van der Waals surface area contributed by atoms with Crippen molar-refractivity contribution in [3.8, 4) is 28.4 Å². The highest BCUT2D eigenvalue weighted by Crippen LogP contribution is 2.40. The van der Waals surface area contributed by atoms with Crippen LogP contribution in [0.15, 0.2) is 29.5 Å². The maximum absolute atomic E-state index is 11.6. The molecule has 108 valence electrons. The Morgan fingerprint density at radius 2 is 1.90 bits per heavy atom. The highest BCUT2D eigenvalue weighted by molar-refractivity contribution is 5.79. The van der Waals surface area contributed by atoms with Crippen molar-refractivity contribution < 1.29 is 14.6 Å². The highest BCUT2D eigenvalue weighted by Gasteiger charge is 2.16. The van der Waals surface area contributed by atoms with Gasteiger partial charge in [0.1, 0.15) is 0 Å². The first kappa shape index (κ1) is 13.0. The minimum Gasteiger partial charge on any atom is -0.502 e. The lowest BCUT2D eigenvalue weighted by Gasteiger charge is -2.10. The quantitative estimate of drug-likeness (QED) is 0.739. The number of phenolic OH excluding ortho intramolecular Hbond substituents is 1. The van der Waals surface area contributed by atoms with E-state index in [1.165, 1.54) is 26.7 Å². The normalized spacial score (nSPS) is 10.8. The Bertz CT molecular complexity index is 843. The molecule has 3 aromatic rings. The Hall–Kier alpha value is -3.03. The lowest BCUT2D eigenvalue weighted by atomic mass is 10.1. The topological polar surface area (TPSA) is 102 Å². The van der Waals surface area contributed by atoms with E-state index in [2.05, 4.69) is 15.1 Å². The van der Waals surface area contributed by atoms with Crippen LogP contribution in [0.25, 0.3) is 16.8 Å². The summed E-state index contributed by atoms with van der Waals surface area (Å²) in [6, 6.07) is 3.25. The Morgan fingerprint density at radius 3 is 2.52 bits per heavy atom. The maximum Gasteiger partial charge on any atom is 0.349 e. The zero-order valence-electron chi connectivity index (χ0n) is 11.3. The van der Waals surface area contributed by atoms with Crippen molar-refractivity contribution in [1.82, 2.24) is 19.6 Å². The van der Waals surface area contributed by atoms with Gasteiger partial charge in [0.2, 0.25) is 5.75 Å². The van der Waals surface area contributed by atoms with Crippen molar-refractivity contribution in [1.29, 1.82) is 0 Å². The molecule has 0 fully saturated rings. The minimum absolute atomic E-state index is 0.0916. The molecule has 0 bridgehead atoms. The summed E-state index contributed by atoms with van der Waals surface area (Å²) < 4.78 is 11.4. The summed E-state index contributed by atoms with van der Waals surface area (Å²) in [5, 5.41) is 13.9. The van der Waals surface area contributed by atoms with Crippen LogP contribution < -0.4 is 15.2 Å². The van der Waals surface area contributed by atoms with Gasteiger partial charge in [-0.25, -0.2) is 9.78 Å². The van der Waals surface area contributed by atoms with Crippen molar-refractivity contribution in [3.63, 3.8) is 0 Å². The second kappa shape index (κ2) is 4.82. The molecule has 0 aliphatic heterocycles. The average Bonchev–Trinajstić information content (AvgIpc) is 2.93. The molecule has 1 aromatic carbocycles. The number of nitrogens with one attached hydrogen (secondary N) is 1. The van der Waals surface area contributed by atoms with Crippen LogP contribution in [-0.2, 0) is 0 Å². The third kappa shape index (κ3) is 1.97. The van der Waals surface area contributed by atoms with Crippen molar-refractivity contribution >= 4 is 5.65 Å². The van der Waals surface area contributed by atoms with Gasteiger partial charge in [-0.15, -0.1) is 0 Å². The van der Waals surface area contributed by atoms with Gasteiger partial charge in [-0.1, -0.05) is 0 Å². The van der Waals surface area contributed by atoms with E-state index in [4.69, 9.17) is 9.47 Å². The molecule has 8 heteroatoms. The molecule has 2 heterocycles. The van der Waals surface area contributed by atoms with Crippen molar-refractivity contribution in [2.45, 2.75) is 0 Å². The number of aromatic hydroxyl groups is 1. The van der Waals surface area contributed by atoms with Crippen LogP contribution in [0.3, 0.4) is 0 Å². The minimum atomic E-state index is -0.385. The Labute approximate surface area is 118 Å². The summed E-state index contributed by atoms with van der Waals surface area (Å²) in [5.41, 5.74) is 1.30. The summed E-state index contributed by atoms with van der Waals surface area (Å²) in [7, 11) is 2.88. The van der Waals surface area contributed by atoms with E-state index >= 15 is 0 Å². The van der Waals surface area contributed by atoms with Crippen molar-refractivity contribution in [2.75, 3.05) is 14.2 Å². The third-order valence-corrected chi connectivity index (χ3v) is 3.10. The van der Waals surface area contributed by atoms with Gasteiger partial charge >= 0.3 is 5.69 Å². The number of methoxy groups -OCH3 is 2. The number of phenols is 1. The molecule has 0 aliphatic carbocycles. The third-order valence-electron chi connectivity index (χ3n) is 3.10. The summed E-state index contributed by atoms with van der Waals surface area (Å²) in [6.07, 6.45) is 2.82. The number of hydrogen-bond donors (Lipinski definition) is 2. The first-order valence-electron chi connectivity index (χ1n) is 6.02. The number of benzene rings is 1. The molecular formula is C13H12N4O4. The van der Waals surface area contributed by atoms with E-state index in [-0.39, 0.29) is 22.9 Å². The Kier molecular flexibility index (Phi) is 2.98. The van der Waals surface area contributed by atoms with E-state index < -0.39 is 0 Å². The number of hydrogen-bond acceptors (Lipinski definition) is 6. The summed E-state index contributed by atoms with van der Waals surface area (Å²) in [5.74, 6) is 0.424. The van der Waals surface area contributed by atoms with Gasteiger partial charge in [-0.3, -0.25) is 4.98 Å². The van der Waals surface area contributed by atoms with Crippen LogP contribution in [0, 0.1) is 0 Å². The van der Waals surface area contributed by atoms with Crippen molar-refractivity contribution in [3.05, 3.63) is 35.1 Å². The molecule has 2 aromatic heterocycles. The van der Waals surface area contributed by atoms with Crippen LogP contribution >= 0.6 is 0 Å². The first-order valence-corrected chi connectivity index (χ1v) is 6.02. The fourth-order valence-corrected chi connectivity index (χ4v) is 2.08. The number of fused-ring (bicyclic) bond motifs is 1. The number of aromatic nitrogens is 4. The molecule has 0 spiro atoms. The fourth-order valence-electron chi connectivity index (χ4n) is 2.08. The summed E-state index contributed by atoms with van der Waals surface area (Å²) in [6.45, 7) is 0. The van der Waals surface area contributed by atoms with Gasteiger partial charge in [0.25, 0.3) is 0 Å². The lowest BCUT2D eigenvalue weighted by molar-refractivity contribution is 0.340. The summed E-state index contributed by atoms with van der Waals surface area (Å²) in [4.78, 5) is 18.2. The SMILES string of the molecule is COc1cc(-c2cnn3c(=O)[nH]cnc23)cc(OC)c1O. The molecule has 3 rings (SSSR count). The smallest absolute Gasteiger partial charge is 0.349 e. The molecule has 8 nitrogen and oxygen atoms in total. The lowest BCUT2D eigenvalue weighted by Crippen LogP contribution is -2.17. The zero-order chi connectivity index (χ0) is 15.0. The molecule has 0 saturated heterocycles. The van der Waals surface area contributed by atoms with E-state index in [0.29, 0.717) is 16.8 Å². The zero-order valence-corrected chi connectivity index (χ0v) is 11.3. The van der Waals surface area contributed by atoms with Gasteiger partial charge in [0.05, 0.1) is 26.7 Å². The molecule has 0 amide bonds. The molecule has 0 atom stereocenters. The highest BCUT2D eigenvalue weighted by atomic mass is 16.5. The van der Waals surface area contributed by atoms with E-state index in [1.807, 2.05) is 0 Å². The van der Waals surface area contributed by atoms with Gasteiger partial charge in [0, 0.05) is 5.56 Å². The van der Waals surface area contributed by atoms with Crippen LogP contribution in [0.4, 0.5) is 0 Å². The van der Waals surface area contributed by atoms with Gasteiger partial charge in [-0.05, 0) is 17.7 Å². The standard InChI is InChI=1S/C13H12N4O4/c1-20-9-3-7(4-10(21-2)11(9)18)8-5-16-17-12(8)14-6-15-13(17)19/h3-6,18H,1-2H3,(H,14,15,19). The van der Waals surface area contributed by atoms with Crippen molar-refractivity contribution in [2.24, 2.45) is 0 Å². The second-order valence-electron chi connectivity index (χ2n) is 4.23. The van der Waals surface area contributed by atoms with Crippen LogP contribution in [0.1, 0.15) is 0 Å². The number of ether oxygens (including phenoxy) is 2. The molecule has 0 saturated carbocycles.